The molecule has 21 heavy (non-hydrogen) atoms. The van der Waals surface area contributed by atoms with Crippen LogP contribution in [0, 0.1) is 5.82 Å². The van der Waals surface area contributed by atoms with Crippen molar-refractivity contribution in [2.24, 2.45) is 0 Å². The van der Waals surface area contributed by atoms with E-state index in [-0.39, 0.29) is 11.9 Å². The highest BCUT2D eigenvalue weighted by Gasteiger charge is 2.21. The largest absolute Gasteiger partial charge is 0.496 e. The predicted octanol–water partition coefficient (Wildman–Crippen LogP) is 4.10. The molecule has 112 valence electrons. The summed E-state index contributed by atoms with van der Waals surface area (Å²) in [6.07, 6.45) is 0.959. The molecule has 0 bridgehead atoms. The van der Waals surface area contributed by atoms with Gasteiger partial charge in [-0.1, -0.05) is 44.2 Å². The van der Waals surface area contributed by atoms with Crippen molar-refractivity contribution in [1.82, 2.24) is 5.32 Å². The van der Waals surface area contributed by atoms with Crippen LogP contribution < -0.4 is 10.1 Å². The van der Waals surface area contributed by atoms with Crippen LogP contribution in [0.5, 0.6) is 5.75 Å². The fraction of sp³-hybridized carbons (Fsp3) is 0.333. The van der Waals surface area contributed by atoms with E-state index < -0.39 is 0 Å². The second kappa shape index (κ2) is 7.23. The van der Waals surface area contributed by atoms with Crippen LogP contribution in [0.4, 0.5) is 4.39 Å². The molecule has 0 heterocycles. The summed E-state index contributed by atoms with van der Waals surface area (Å²) >= 11 is 0. The third-order valence-corrected chi connectivity index (χ3v) is 3.62. The summed E-state index contributed by atoms with van der Waals surface area (Å²) in [4.78, 5) is 0. The second-order valence-electron chi connectivity index (χ2n) is 4.95. The highest BCUT2D eigenvalue weighted by Crippen LogP contribution is 2.32. The van der Waals surface area contributed by atoms with Crippen molar-refractivity contribution in [3.8, 4) is 5.75 Å². The summed E-state index contributed by atoms with van der Waals surface area (Å²) < 4.78 is 19.7. The van der Waals surface area contributed by atoms with Gasteiger partial charge in [0.2, 0.25) is 0 Å². The van der Waals surface area contributed by atoms with Crippen LogP contribution in [0.2, 0.25) is 0 Å². The van der Waals surface area contributed by atoms with Crippen LogP contribution in [-0.4, -0.2) is 13.7 Å². The van der Waals surface area contributed by atoms with Crippen molar-refractivity contribution < 1.29 is 9.13 Å². The van der Waals surface area contributed by atoms with Crippen LogP contribution in [0.1, 0.15) is 36.6 Å². The maximum Gasteiger partial charge on any atom is 0.132 e. The van der Waals surface area contributed by atoms with E-state index in [1.165, 1.54) is 11.6 Å². The van der Waals surface area contributed by atoms with Gasteiger partial charge < -0.3 is 10.1 Å². The van der Waals surface area contributed by atoms with Crippen molar-refractivity contribution in [2.45, 2.75) is 26.3 Å². The van der Waals surface area contributed by atoms with Crippen LogP contribution in [0.3, 0.4) is 0 Å². The van der Waals surface area contributed by atoms with Crippen molar-refractivity contribution in [2.75, 3.05) is 13.7 Å². The fourth-order valence-corrected chi connectivity index (χ4v) is 2.56. The lowest BCUT2D eigenvalue weighted by Gasteiger charge is -2.22. The first-order valence-corrected chi connectivity index (χ1v) is 7.35. The zero-order valence-electron chi connectivity index (χ0n) is 12.8. The highest BCUT2D eigenvalue weighted by atomic mass is 19.1. The van der Waals surface area contributed by atoms with E-state index in [1.54, 1.807) is 19.2 Å². The van der Waals surface area contributed by atoms with Gasteiger partial charge in [-0.3, -0.25) is 0 Å². The van der Waals surface area contributed by atoms with Crippen molar-refractivity contribution in [3.05, 3.63) is 65.0 Å². The van der Waals surface area contributed by atoms with Crippen LogP contribution in [0.25, 0.3) is 0 Å². The summed E-state index contributed by atoms with van der Waals surface area (Å²) in [5, 5.41) is 3.36. The molecule has 2 rings (SSSR count). The minimum absolute atomic E-state index is 0.211. The van der Waals surface area contributed by atoms with E-state index in [0.717, 1.165) is 18.5 Å². The summed E-state index contributed by atoms with van der Waals surface area (Å²) in [6, 6.07) is 13.0. The maximum absolute atomic E-state index is 14.4. The van der Waals surface area contributed by atoms with Crippen molar-refractivity contribution >= 4 is 0 Å². The van der Waals surface area contributed by atoms with Gasteiger partial charge in [-0.25, -0.2) is 4.39 Å². The van der Waals surface area contributed by atoms with Gasteiger partial charge in [-0.2, -0.15) is 0 Å². The number of rotatable bonds is 6. The smallest absolute Gasteiger partial charge is 0.132 e. The Balaban J connectivity index is 2.53. The third-order valence-electron chi connectivity index (χ3n) is 3.62. The quantitative estimate of drug-likeness (QED) is 0.864. The topological polar surface area (TPSA) is 21.3 Å². The van der Waals surface area contributed by atoms with E-state index in [2.05, 4.69) is 24.4 Å². The molecule has 1 N–H and O–H groups in total. The Hall–Kier alpha value is -1.87. The molecule has 0 saturated carbocycles. The molecule has 2 aromatic carbocycles. The monoisotopic (exact) mass is 287 g/mol. The summed E-state index contributed by atoms with van der Waals surface area (Å²) in [5.41, 5.74) is 2.86. The number of benzene rings is 2. The average Bonchev–Trinajstić information content (AvgIpc) is 2.53. The minimum Gasteiger partial charge on any atom is -0.496 e. The molecule has 0 aromatic heterocycles. The number of halogens is 1. The van der Waals surface area contributed by atoms with Gasteiger partial charge in [-0.05, 0) is 36.2 Å². The number of aryl methyl sites for hydroxylation is 1. The second-order valence-corrected chi connectivity index (χ2v) is 4.95. The van der Waals surface area contributed by atoms with Gasteiger partial charge in [-0.15, -0.1) is 0 Å². The molecule has 0 radical (unpaired) electrons. The zero-order chi connectivity index (χ0) is 15.2. The Morgan fingerprint density at radius 1 is 1.14 bits per heavy atom. The average molecular weight is 287 g/mol. The van der Waals surface area contributed by atoms with E-state index in [1.807, 2.05) is 19.1 Å². The SMILES string of the molecule is CCNC(c1cccc(CC)c1)c1c(F)cccc1OC. The molecule has 0 spiro atoms. The molecule has 1 atom stereocenters. The van der Waals surface area contributed by atoms with Gasteiger partial charge in [0.1, 0.15) is 11.6 Å². The van der Waals surface area contributed by atoms with E-state index in [9.17, 15) is 4.39 Å². The molecule has 3 heteroatoms. The maximum atomic E-state index is 14.4. The van der Waals surface area contributed by atoms with Gasteiger partial charge in [0.15, 0.2) is 0 Å². The molecule has 0 saturated heterocycles. The molecule has 2 aromatic rings. The van der Waals surface area contributed by atoms with E-state index in [4.69, 9.17) is 4.74 Å². The fourth-order valence-electron chi connectivity index (χ4n) is 2.56. The molecule has 0 aliphatic heterocycles. The molecule has 0 aliphatic carbocycles. The van der Waals surface area contributed by atoms with Gasteiger partial charge in [0, 0.05) is 0 Å². The van der Waals surface area contributed by atoms with Crippen molar-refractivity contribution in [1.29, 1.82) is 0 Å². The number of ether oxygens (including phenoxy) is 1. The summed E-state index contributed by atoms with van der Waals surface area (Å²) in [5.74, 6) is 0.324. The molecule has 0 fully saturated rings. The highest BCUT2D eigenvalue weighted by molar-refractivity contribution is 5.43. The first-order chi connectivity index (χ1) is 10.2. The number of nitrogens with one attached hydrogen (secondary N) is 1. The van der Waals surface area contributed by atoms with Crippen molar-refractivity contribution in [3.63, 3.8) is 0 Å². The van der Waals surface area contributed by atoms with Gasteiger partial charge >= 0.3 is 0 Å². The van der Waals surface area contributed by atoms with E-state index >= 15 is 0 Å². The Morgan fingerprint density at radius 3 is 2.57 bits per heavy atom. The molecule has 1 unspecified atom stereocenters. The Labute approximate surface area is 126 Å². The zero-order valence-corrected chi connectivity index (χ0v) is 12.8. The lowest BCUT2D eigenvalue weighted by molar-refractivity contribution is 0.397. The normalized spacial score (nSPS) is 12.2. The summed E-state index contributed by atoms with van der Waals surface area (Å²) in [7, 11) is 1.57. The van der Waals surface area contributed by atoms with E-state index in [0.29, 0.717) is 11.3 Å². The Morgan fingerprint density at radius 2 is 1.90 bits per heavy atom. The van der Waals surface area contributed by atoms with Crippen LogP contribution in [0.15, 0.2) is 42.5 Å². The summed E-state index contributed by atoms with van der Waals surface area (Å²) in [6.45, 7) is 4.88. The molecule has 0 aliphatic rings. The standard InChI is InChI=1S/C18H22FNO/c1-4-13-8-6-9-14(12-13)18(20-5-2)17-15(19)10-7-11-16(17)21-3/h6-12,18,20H,4-5H2,1-3H3. The van der Waals surface area contributed by atoms with Gasteiger partial charge in [0.05, 0.1) is 18.7 Å². The first kappa shape index (κ1) is 15.5. The lowest BCUT2D eigenvalue weighted by atomic mass is 9.95. The van der Waals surface area contributed by atoms with Crippen LogP contribution >= 0.6 is 0 Å². The minimum atomic E-state index is -0.248. The van der Waals surface area contributed by atoms with Gasteiger partial charge in [0.25, 0.3) is 0 Å². The number of methoxy groups -OCH3 is 1. The molecule has 0 amide bonds. The Kier molecular flexibility index (Phi) is 5.34. The predicted molar refractivity (Wildman–Crippen MR) is 84.3 cm³/mol. The number of hydrogen-bond donors (Lipinski definition) is 1. The first-order valence-electron chi connectivity index (χ1n) is 7.35. The number of hydrogen-bond acceptors (Lipinski definition) is 2. The third kappa shape index (κ3) is 3.42. The molecule has 2 nitrogen and oxygen atoms in total. The molecular formula is C18H22FNO. The van der Waals surface area contributed by atoms with Crippen LogP contribution in [-0.2, 0) is 6.42 Å². The lowest BCUT2D eigenvalue weighted by Crippen LogP contribution is -2.23. The molecular weight excluding hydrogens is 265 g/mol. The Bertz CT molecular complexity index is 598.